The lowest BCUT2D eigenvalue weighted by atomic mass is 10.2. The number of aromatic carboxylic acids is 1. The molecule has 0 saturated carbocycles. The summed E-state index contributed by atoms with van der Waals surface area (Å²) in [5.41, 5.74) is 0.930. The van der Waals surface area contributed by atoms with Gasteiger partial charge in [-0.15, -0.1) is 0 Å². The number of hydrogen-bond acceptors (Lipinski definition) is 3. The standard InChI is InChI=1S/C14H12O4/c1-9-8-12(6-7-13(9)15)18-11-4-2-10(3-5-11)14(16)17/h2-8,15H,1H3,(H,16,17). The third-order valence-corrected chi connectivity index (χ3v) is 2.51. The van der Waals surface area contributed by atoms with Crippen molar-refractivity contribution in [2.45, 2.75) is 6.92 Å². The molecule has 0 bridgehead atoms. The fourth-order valence-electron chi connectivity index (χ4n) is 1.49. The van der Waals surface area contributed by atoms with E-state index in [1.807, 2.05) is 0 Å². The van der Waals surface area contributed by atoms with E-state index >= 15 is 0 Å². The molecule has 0 radical (unpaired) electrons. The fourth-order valence-corrected chi connectivity index (χ4v) is 1.49. The van der Waals surface area contributed by atoms with Crippen molar-refractivity contribution in [2.75, 3.05) is 0 Å². The van der Waals surface area contributed by atoms with E-state index in [0.717, 1.165) is 5.56 Å². The van der Waals surface area contributed by atoms with Crippen LogP contribution in [-0.4, -0.2) is 16.2 Å². The highest BCUT2D eigenvalue weighted by atomic mass is 16.5. The lowest BCUT2D eigenvalue weighted by molar-refractivity contribution is 0.0697. The highest BCUT2D eigenvalue weighted by Crippen LogP contribution is 2.26. The first-order chi connectivity index (χ1) is 8.56. The van der Waals surface area contributed by atoms with Crippen LogP contribution < -0.4 is 4.74 Å². The predicted octanol–water partition coefficient (Wildman–Crippen LogP) is 3.19. The summed E-state index contributed by atoms with van der Waals surface area (Å²) in [5, 5.41) is 18.2. The Bertz CT molecular complexity index is 573. The topological polar surface area (TPSA) is 66.8 Å². The van der Waals surface area contributed by atoms with Crippen LogP contribution in [0, 0.1) is 6.92 Å². The molecule has 2 aromatic rings. The molecule has 2 N–H and O–H groups in total. The first kappa shape index (κ1) is 12.0. The van der Waals surface area contributed by atoms with Crippen molar-refractivity contribution in [3.63, 3.8) is 0 Å². The van der Waals surface area contributed by atoms with Crippen LogP contribution in [0.2, 0.25) is 0 Å². The second-order valence-corrected chi connectivity index (χ2v) is 3.88. The number of carbonyl (C=O) groups is 1. The number of hydrogen-bond donors (Lipinski definition) is 2. The molecule has 4 nitrogen and oxygen atoms in total. The van der Waals surface area contributed by atoms with Gasteiger partial charge in [0.2, 0.25) is 0 Å². The second-order valence-electron chi connectivity index (χ2n) is 3.88. The molecule has 0 aromatic heterocycles. The molecule has 0 spiro atoms. The molecule has 0 aliphatic heterocycles. The van der Waals surface area contributed by atoms with Crippen molar-refractivity contribution in [1.29, 1.82) is 0 Å². The Morgan fingerprint density at radius 3 is 2.22 bits per heavy atom. The van der Waals surface area contributed by atoms with E-state index in [2.05, 4.69) is 0 Å². The highest BCUT2D eigenvalue weighted by Gasteiger charge is 2.04. The number of aryl methyl sites for hydroxylation is 1. The minimum absolute atomic E-state index is 0.212. The number of rotatable bonds is 3. The van der Waals surface area contributed by atoms with Gasteiger partial charge < -0.3 is 14.9 Å². The highest BCUT2D eigenvalue weighted by molar-refractivity contribution is 5.87. The molecule has 0 aliphatic carbocycles. The van der Waals surface area contributed by atoms with Gasteiger partial charge in [0.1, 0.15) is 17.2 Å². The first-order valence-corrected chi connectivity index (χ1v) is 5.37. The van der Waals surface area contributed by atoms with Gasteiger partial charge in [-0.25, -0.2) is 4.79 Å². The van der Waals surface area contributed by atoms with Gasteiger partial charge in [0.15, 0.2) is 0 Å². The third-order valence-electron chi connectivity index (χ3n) is 2.51. The van der Waals surface area contributed by atoms with E-state index < -0.39 is 5.97 Å². The number of carboxylic acids is 1. The molecular weight excluding hydrogens is 232 g/mol. The summed E-state index contributed by atoms with van der Waals surface area (Å²) < 4.78 is 5.54. The Morgan fingerprint density at radius 2 is 1.67 bits per heavy atom. The molecule has 0 aliphatic rings. The van der Waals surface area contributed by atoms with Crippen molar-refractivity contribution < 1.29 is 19.7 Å². The number of phenolic OH excluding ortho intramolecular Hbond substituents is 1. The van der Waals surface area contributed by atoms with Crippen LogP contribution in [0.15, 0.2) is 42.5 Å². The number of aromatic hydroxyl groups is 1. The minimum Gasteiger partial charge on any atom is -0.508 e. The lowest BCUT2D eigenvalue weighted by Gasteiger charge is -2.07. The number of carboxylic acid groups (broad SMARTS) is 1. The lowest BCUT2D eigenvalue weighted by Crippen LogP contribution is -1.95. The average molecular weight is 244 g/mol. The van der Waals surface area contributed by atoms with Crippen LogP contribution in [0.1, 0.15) is 15.9 Å². The molecule has 18 heavy (non-hydrogen) atoms. The second kappa shape index (κ2) is 4.79. The zero-order valence-corrected chi connectivity index (χ0v) is 9.75. The normalized spacial score (nSPS) is 10.1. The Hall–Kier alpha value is -2.49. The molecular formula is C14H12O4. The monoisotopic (exact) mass is 244 g/mol. The Labute approximate surface area is 104 Å². The molecule has 2 aromatic carbocycles. The van der Waals surface area contributed by atoms with Crippen LogP contribution in [0.3, 0.4) is 0 Å². The molecule has 2 rings (SSSR count). The van der Waals surface area contributed by atoms with Gasteiger partial charge >= 0.3 is 5.97 Å². The van der Waals surface area contributed by atoms with Crippen molar-refractivity contribution in [1.82, 2.24) is 0 Å². The quantitative estimate of drug-likeness (QED) is 0.870. The fraction of sp³-hybridized carbons (Fsp3) is 0.0714. The average Bonchev–Trinajstić information content (AvgIpc) is 2.34. The summed E-state index contributed by atoms with van der Waals surface area (Å²) in [6.45, 7) is 1.77. The van der Waals surface area contributed by atoms with E-state index in [1.54, 1.807) is 37.3 Å². The molecule has 4 heteroatoms. The SMILES string of the molecule is Cc1cc(Oc2ccc(C(=O)O)cc2)ccc1O. The van der Waals surface area contributed by atoms with Crippen molar-refractivity contribution in [2.24, 2.45) is 0 Å². The molecule has 0 heterocycles. The third kappa shape index (κ3) is 2.60. The molecule has 92 valence electrons. The van der Waals surface area contributed by atoms with Crippen LogP contribution in [0.5, 0.6) is 17.2 Å². The molecule has 0 atom stereocenters. The van der Waals surface area contributed by atoms with E-state index in [1.165, 1.54) is 12.1 Å². The summed E-state index contributed by atoms with van der Waals surface area (Å²) >= 11 is 0. The van der Waals surface area contributed by atoms with E-state index in [0.29, 0.717) is 11.5 Å². The summed E-state index contributed by atoms with van der Waals surface area (Å²) in [4.78, 5) is 10.7. The number of ether oxygens (including phenoxy) is 1. The maximum Gasteiger partial charge on any atom is 0.335 e. The number of phenols is 1. The van der Waals surface area contributed by atoms with Gasteiger partial charge in [-0.1, -0.05) is 0 Å². The van der Waals surface area contributed by atoms with E-state index in [-0.39, 0.29) is 11.3 Å². The predicted molar refractivity (Wildman–Crippen MR) is 66.3 cm³/mol. The maximum absolute atomic E-state index is 10.7. The Balaban J connectivity index is 2.18. The van der Waals surface area contributed by atoms with Crippen LogP contribution in [0.4, 0.5) is 0 Å². The van der Waals surface area contributed by atoms with Gasteiger partial charge in [0, 0.05) is 0 Å². The van der Waals surface area contributed by atoms with E-state index in [9.17, 15) is 9.90 Å². The van der Waals surface area contributed by atoms with Crippen molar-refractivity contribution in [3.05, 3.63) is 53.6 Å². The summed E-state index contributed by atoms with van der Waals surface area (Å²) in [6.07, 6.45) is 0. The molecule has 0 unspecified atom stereocenters. The summed E-state index contributed by atoms with van der Waals surface area (Å²) in [6, 6.07) is 11.0. The number of benzene rings is 2. The van der Waals surface area contributed by atoms with Gasteiger partial charge in [-0.2, -0.15) is 0 Å². The van der Waals surface area contributed by atoms with Gasteiger partial charge in [-0.05, 0) is 55.0 Å². The first-order valence-electron chi connectivity index (χ1n) is 5.37. The molecule has 0 amide bonds. The Kier molecular flexibility index (Phi) is 3.19. The van der Waals surface area contributed by atoms with Crippen molar-refractivity contribution >= 4 is 5.97 Å². The van der Waals surface area contributed by atoms with Gasteiger partial charge in [0.05, 0.1) is 5.56 Å². The van der Waals surface area contributed by atoms with Crippen LogP contribution >= 0.6 is 0 Å². The zero-order valence-electron chi connectivity index (χ0n) is 9.75. The van der Waals surface area contributed by atoms with Crippen LogP contribution in [0.25, 0.3) is 0 Å². The Morgan fingerprint density at radius 1 is 1.06 bits per heavy atom. The van der Waals surface area contributed by atoms with E-state index in [4.69, 9.17) is 9.84 Å². The van der Waals surface area contributed by atoms with Crippen LogP contribution in [-0.2, 0) is 0 Å². The minimum atomic E-state index is -0.970. The van der Waals surface area contributed by atoms with Gasteiger partial charge in [-0.3, -0.25) is 0 Å². The molecule has 0 saturated heterocycles. The summed E-state index contributed by atoms with van der Waals surface area (Å²) in [5.74, 6) is 0.379. The van der Waals surface area contributed by atoms with Gasteiger partial charge in [0.25, 0.3) is 0 Å². The van der Waals surface area contributed by atoms with Crippen molar-refractivity contribution in [3.8, 4) is 17.2 Å². The largest absolute Gasteiger partial charge is 0.508 e. The summed E-state index contributed by atoms with van der Waals surface area (Å²) in [7, 11) is 0. The zero-order chi connectivity index (χ0) is 13.1. The smallest absolute Gasteiger partial charge is 0.335 e. The maximum atomic E-state index is 10.7. The molecule has 0 fully saturated rings.